The minimum atomic E-state index is -4.76. The van der Waals surface area contributed by atoms with E-state index in [9.17, 15) is 29.3 Å². The van der Waals surface area contributed by atoms with Gasteiger partial charge in [0.25, 0.3) is 0 Å². The number of nitrogens with zero attached hydrogens (tertiary/aromatic N) is 4. The molecule has 1 aromatic carbocycles. The van der Waals surface area contributed by atoms with E-state index < -0.39 is 50.3 Å². The normalized spacial score (nSPS) is 20.9. The summed E-state index contributed by atoms with van der Waals surface area (Å²) in [6.45, 7) is 2.94. The number of phosphoric acid groups is 1. The zero-order valence-electron chi connectivity index (χ0n) is 34.0. The molecule has 5 N–H and O–H groups in total. The van der Waals surface area contributed by atoms with Crippen molar-refractivity contribution in [2.75, 3.05) is 39.3 Å². The summed E-state index contributed by atoms with van der Waals surface area (Å²) in [5.41, 5.74) is 4.77. The predicted octanol–water partition coefficient (Wildman–Crippen LogP) is 7.30. The Morgan fingerprint density at radius 2 is 1.64 bits per heavy atom. The number of nitriles is 1. The quantitative estimate of drug-likeness (QED) is 0.0384. The number of aliphatic hydroxyl groups is 2. The van der Waals surface area contributed by atoms with Crippen LogP contribution in [0.4, 0.5) is 10.2 Å². The standard InChI is InChI=1S/C41H63FN5O10P/c1-3-4-5-6-10-13-16-23-53-24-17-14-11-8-7-9-12-15-18-32(54-26-31-19-21-35(52-2)33(42)25-31)27-55-58(50,51)56-28-36-38(48)39(49)41(29-43,57-36)37-22-20-34-40(44)45-30-46-47(34)37/h19-22,25,30,32,36,38-39,48-49H,3-18,23-24,26-28H2,1-2H3,(H,50,51)(H2,44,45,46)/t32-,36-,38+,39?,41+/m1/s1. The second-order valence-electron chi connectivity index (χ2n) is 14.9. The van der Waals surface area contributed by atoms with E-state index in [4.69, 9.17) is 33.7 Å². The highest BCUT2D eigenvalue weighted by molar-refractivity contribution is 7.47. The van der Waals surface area contributed by atoms with E-state index in [2.05, 4.69) is 17.0 Å². The van der Waals surface area contributed by atoms with Crippen molar-refractivity contribution in [3.05, 3.63) is 53.7 Å². The molecule has 3 heterocycles. The van der Waals surface area contributed by atoms with Gasteiger partial charge in [-0.2, -0.15) is 10.4 Å². The summed E-state index contributed by atoms with van der Waals surface area (Å²) in [5, 5.41) is 36.0. The molecule has 4 rings (SSSR count). The van der Waals surface area contributed by atoms with Crippen LogP contribution in [0.25, 0.3) is 5.52 Å². The number of nitrogens with two attached hydrogens (primary N) is 1. The number of aliphatic hydroxyl groups excluding tert-OH is 2. The lowest BCUT2D eigenvalue weighted by Crippen LogP contribution is -2.41. The van der Waals surface area contributed by atoms with E-state index in [0.717, 1.165) is 71.0 Å². The van der Waals surface area contributed by atoms with Crippen molar-refractivity contribution in [2.24, 2.45) is 0 Å². The molecular formula is C41H63FN5O10P. The molecular weight excluding hydrogens is 772 g/mol. The summed E-state index contributed by atoms with van der Waals surface area (Å²) in [4.78, 5) is 14.5. The van der Waals surface area contributed by atoms with Crippen molar-refractivity contribution in [1.82, 2.24) is 14.6 Å². The zero-order valence-corrected chi connectivity index (χ0v) is 34.9. The first-order valence-corrected chi connectivity index (χ1v) is 22.2. The minimum Gasteiger partial charge on any atom is -0.494 e. The van der Waals surface area contributed by atoms with Gasteiger partial charge >= 0.3 is 7.82 Å². The fourth-order valence-corrected chi connectivity index (χ4v) is 7.83. The second-order valence-corrected chi connectivity index (χ2v) is 16.4. The summed E-state index contributed by atoms with van der Waals surface area (Å²) in [6, 6.07) is 9.38. The zero-order chi connectivity index (χ0) is 41.8. The highest BCUT2D eigenvalue weighted by Gasteiger charge is 2.58. The van der Waals surface area contributed by atoms with Gasteiger partial charge in [0, 0.05) is 13.2 Å². The van der Waals surface area contributed by atoms with Crippen LogP contribution in [0.2, 0.25) is 0 Å². The van der Waals surface area contributed by atoms with Gasteiger partial charge in [0.15, 0.2) is 17.4 Å². The Labute approximate surface area is 341 Å². The second kappa shape index (κ2) is 24.8. The largest absolute Gasteiger partial charge is 0.494 e. The molecule has 0 radical (unpaired) electrons. The third kappa shape index (κ3) is 14.2. The van der Waals surface area contributed by atoms with Crippen LogP contribution < -0.4 is 10.5 Å². The van der Waals surface area contributed by atoms with E-state index in [1.165, 1.54) is 80.7 Å². The van der Waals surface area contributed by atoms with E-state index in [0.29, 0.717) is 17.5 Å². The van der Waals surface area contributed by atoms with Gasteiger partial charge < -0.3 is 39.8 Å². The van der Waals surface area contributed by atoms with Crippen LogP contribution in [0.15, 0.2) is 36.7 Å². The Hall–Kier alpha value is -3.23. The first-order chi connectivity index (χ1) is 28.0. The molecule has 3 aromatic rings. The molecule has 15 nitrogen and oxygen atoms in total. The molecule has 0 aliphatic carbocycles. The fraction of sp³-hybridized carbons (Fsp3) is 0.683. The maximum atomic E-state index is 14.3. The number of unbranched alkanes of at least 4 members (excludes halogenated alkanes) is 13. The van der Waals surface area contributed by atoms with Gasteiger partial charge in [0.2, 0.25) is 5.60 Å². The molecule has 2 unspecified atom stereocenters. The lowest BCUT2D eigenvalue weighted by atomic mass is 9.92. The molecule has 0 bridgehead atoms. The van der Waals surface area contributed by atoms with Gasteiger partial charge in [0.05, 0.1) is 38.7 Å². The average molecular weight is 836 g/mol. The highest BCUT2D eigenvalue weighted by atomic mass is 31.2. The Balaban J connectivity index is 1.19. The van der Waals surface area contributed by atoms with Crippen LogP contribution in [0.1, 0.15) is 121 Å². The number of anilines is 1. The van der Waals surface area contributed by atoms with Crippen molar-refractivity contribution >= 4 is 19.2 Å². The molecule has 0 amide bonds. The molecule has 17 heteroatoms. The topological polar surface area (TPSA) is 213 Å². The Morgan fingerprint density at radius 3 is 2.28 bits per heavy atom. The maximum absolute atomic E-state index is 14.3. The fourth-order valence-electron chi connectivity index (χ4n) is 7.06. The summed E-state index contributed by atoms with van der Waals surface area (Å²) >= 11 is 0. The molecule has 2 aromatic heterocycles. The molecule has 6 atom stereocenters. The molecule has 324 valence electrons. The SMILES string of the molecule is CCCCCCCCCOCCCCCCCCCC[C@H](COP(=O)(O)OC[C@H]1O[C@@](C#N)(c2ccc3c(N)ncnn23)C(O)[C@H]1O)OCc1ccc(OC)c(F)c1. The van der Waals surface area contributed by atoms with Crippen LogP contribution >= 0.6 is 7.82 Å². The number of aromatic nitrogens is 3. The minimum absolute atomic E-state index is 0.0233. The monoisotopic (exact) mass is 835 g/mol. The lowest BCUT2D eigenvalue weighted by molar-refractivity contribution is -0.0658. The third-order valence-corrected chi connectivity index (χ3v) is 11.4. The van der Waals surface area contributed by atoms with Crippen molar-refractivity contribution in [3.8, 4) is 11.8 Å². The van der Waals surface area contributed by atoms with Crippen LogP contribution in [-0.4, -0.2) is 87.7 Å². The Bertz CT molecular complexity index is 1750. The summed E-state index contributed by atoms with van der Waals surface area (Å²) in [5.74, 6) is -0.314. The number of hydrogen-bond donors (Lipinski definition) is 4. The molecule has 0 saturated carbocycles. The van der Waals surface area contributed by atoms with Crippen molar-refractivity contribution in [3.63, 3.8) is 0 Å². The van der Waals surface area contributed by atoms with E-state index in [1.807, 2.05) is 6.07 Å². The first-order valence-electron chi connectivity index (χ1n) is 20.7. The van der Waals surface area contributed by atoms with Crippen molar-refractivity contribution < 1.29 is 52.1 Å². The molecule has 1 saturated heterocycles. The summed E-state index contributed by atoms with van der Waals surface area (Å²) in [6.07, 6.45) is 13.6. The average Bonchev–Trinajstić information content (AvgIpc) is 3.76. The number of ether oxygens (including phenoxy) is 4. The van der Waals surface area contributed by atoms with Gasteiger partial charge in [-0.05, 0) is 49.1 Å². The number of rotatable bonds is 30. The number of methoxy groups -OCH3 is 1. The molecule has 1 aliphatic heterocycles. The maximum Gasteiger partial charge on any atom is 0.472 e. The third-order valence-electron chi connectivity index (χ3n) is 10.5. The summed E-state index contributed by atoms with van der Waals surface area (Å²) in [7, 11) is -3.38. The van der Waals surface area contributed by atoms with Gasteiger partial charge in [0.1, 0.15) is 36.2 Å². The van der Waals surface area contributed by atoms with Gasteiger partial charge in [-0.3, -0.25) is 9.05 Å². The van der Waals surface area contributed by atoms with Crippen molar-refractivity contribution in [1.29, 1.82) is 5.26 Å². The first kappa shape index (κ1) is 47.4. The molecule has 0 spiro atoms. The smallest absolute Gasteiger partial charge is 0.472 e. The van der Waals surface area contributed by atoms with E-state index in [1.54, 1.807) is 6.07 Å². The van der Waals surface area contributed by atoms with Crippen LogP contribution in [0.3, 0.4) is 0 Å². The highest BCUT2D eigenvalue weighted by Crippen LogP contribution is 2.46. The Morgan fingerprint density at radius 1 is 0.983 bits per heavy atom. The van der Waals surface area contributed by atoms with Gasteiger partial charge in [-0.1, -0.05) is 96.5 Å². The van der Waals surface area contributed by atoms with Crippen LogP contribution in [0.5, 0.6) is 5.75 Å². The number of fused-ring (bicyclic) bond motifs is 1. The van der Waals surface area contributed by atoms with E-state index in [-0.39, 0.29) is 30.5 Å². The van der Waals surface area contributed by atoms with Gasteiger partial charge in [-0.25, -0.2) is 18.5 Å². The molecule has 1 aliphatic rings. The summed E-state index contributed by atoms with van der Waals surface area (Å²) < 4.78 is 61.8. The number of phosphoric ester groups is 1. The lowest BCUT2D eigenvalue weighted by Gasteiger charge is -2.24. The predicted molar refractivity (Wildman–Crippen MR) is 215 cm³/mol. The van der Waals surface area contributed by atoms with Crippen LogP contribution in [-0.2, 0) is 40.0 Å². The van der Waals surface area contributed by atoms with Crippen molar-refractivity contribution in [2.45, 2.75) is 146 Å². The number of hydrogen-bond acceptors (Lipinski definition) is 13. The number of halogens is 1. The van der Waals surface area contributed by atoms with Gasteiger partial charge in [-0.15, -0.1) is 0 Å². The number of benzene rings is 1. The van der Waals surface area contributed by atoms with E-state index >= 15 is 0 Å². The van der Waals surface area contributed by atoms with Crippen LogP contribution in [0, 0.1) is 17.1 Å². The molecule has 58 heavy (non-hydrogen) atoms. The molecule has 1 fully saturated rings. The Kier molecular flexibility index (Phi) is 20.3. The number of nitrogen functional groups attached to an aromatic ring is 1.